The van der Waals surface area contributed by atoms with Crippen LogP contribution in [0.15, 0.2) is 4.52 Å². The largest absolute Gasteiger partial charge is 0.361 e. The number of likely N-dealkylation sites (tertiary alicyclic amines) is 1. The van der Waals surface area contributed by atoms with Crippen molar-refractivity contribution in [2.75, 3.05) is 26.2 Å². The normalized spacial score (nSPS) is 16.7. The molecule has 0 spiro atoms. The molecule has 1 aliphatic heterocycles. The minimum Gasteiger partial charge on any atom is -0.361 e. The summed E-state index contributed by atoms with van der Waals surface area (Å²) in [6.07, 6.45) is 3.59. The minimum atomic E-state index is -0.132. The first-order chi connectivity index (χ1) is 10.6. The monoisotopic (exact) mass is 308 g/mol. The molecule has 124 valence electrons. The Morgan fingerprint density at radius 3 is 2.68 bits per heavy atom. The van der Waals surface area contributed by atoms with E-state index in [1.807, 2.05) is 13.8 Å². The predicted molar refractivity (Wildman–Crippen MR) is 85.7 cm³/mol. The molecule has 2 N–H and O–H groups in total. The standard InChI is InChI=1S/C16H28N4O2/c1-12-5-9-20(10-6-12)8-4-7-17-16(21)18-11-15-13(2)19-22-14(15)3/h12H,4-11H2,1-3H3,(H2,17,18,21). The molecule has 1 fully saturated rings. The Bertz CT molecular complexity index is 459. The third-order valence-corrected chi connectivity index (χ3v) is 4.42. The van der Waals surface area contributed by atoms with Crippen LogP contribution in [0, 0.1) is 19.8 Å². The number of amides is 2. The first-order valence-corrected chi connectivity index (χ1v) is 8.22. The fourth-order valence-corrected chi connectivity index (χ4v) is 2.78. The topological polar surface area (TPSA) is 70.4 Å². The highest BCUT2D eigenvalue weighted by Gasteiger charge is 2.15. The number of carbonyl (C=O) groups is 1. The maximum absolute atomic E-state index is 11.8. The Labute approximate surface area is 132 Å². The van der Waals surface area contributed by atoms with Crippen LogP contribution >= 0.6 is 0 Å². The second-order valence-corrected chi connectivity index (χ2v) is 6.29. The molecule has 2 heterocycles. The molecular formula is C16H28N4O2. The van der Waals surface area contributed by atoms with Crippen LogP contribution in [0.1, 0.15) is 43.2 Å². The van der Waals surface area contributed by atoms with Crippen molar-refractivity contribution in [2.24, 2.45) is 5.92 Å². The zero-order valence-corrected chi connectivity index (χ0v) is 13.9. The molecular weight excluding hydrogens is 280 g/mol. The van der Waals surface area contributed by atoms with Gasteiger partial charge in [-0.3, -0.25) is 0 Å². The lowest BCUT2D eigenvalue weighted by molar-refractivity contribution is 0.190. The molecule has 1 aromatic rings. The maximum atomic E-state index is 11.8. The summed E-state index contributed by atoms with van der Waals surface area (Å²) < 4.78 is 5.07. The molecule has 0 aliphatic carbocycles. The molecule has 1 saturated heterocycles. The van der Waals surface area contributed by atoms with Gasteiger partial charge in [-0.2, -0.15) is 0 Å². The summed E-state index contributed by atoms with van der Waals surface area (Å²) >= 11 is 0. The zero-order chi connectivity index (χ0) is 15.9. The molecule has 0 radical (unpaired) electrons. The Hall–Kier alpha value is -1.56. The highest BCUT2D eigenvalue weighted by atomic mass is 16.5. The van der Waals surface area contributed by atoms with E-state index in [1.165, 1.54) is 25.9 Å². The van der Waals surface area contributed by atoms with Gasteiger partial charge in [0.25, 0.3) is 0 Å². The van der Waals surface area contributed by atoms with Gasteiger partial charge in [-0.1, -0.05) is 12.1 Å². The number of aryl methyl sites for hydroxylation is 2. The van der Waals surface area contributed by atoms with Gasteiger partial charge < -0.3 is 20.1 Å². The summed E-state index contributed by atoms with van der Waals surface area (Å²) in [4.78, 5) is 14.3. The lowest BCUT2D eigenvalue weighted by Gasteiger charge is -2.30. The molecule has 2 rings (SSSR count). The number of hydrogen-bond acceptors (Lipinski definition) is 4. The van der Waals surface area contributed by atoms with E-state index in [9.17, 15) is 4.79 Å². The summed E-state index contributed by atoms with van der Waals surface area (Å²) in [5.41, 5.74) is 1.79. The van der Waals surface area contributed by atoms with Crippen molar-refractivity contribution in [2.45, 2.75) is 46.6 Å². The number of nitrogens with zero attached hydrogens (tertiary/aromatic N) is 2. The molecule has 0 atom stereocenters. The summed E-state index contributed by atoms with van der Waals surface area (Å²) in [5.74, 6) is 1.63. The summed E-state index contributed by atoms with van der Waals surface area (Å²) in [5, 5.41) is 9.63. The van der Waals surface area contributed by atoms with Crippen LogP contribution in [-0.4, -0.2) is 42.3 Å². The molecule has 0 aromatic carbocycles. The average molecular weight is 308 g/mol. The molecule has 1 aromatic heterocycles. The second kappa shape index (κ2) is 8.17. The van der Waals surface area contributed by atoms with Crippen LogP contribution in [0.5, 0.6) is 0 Å². The third kappa shape index (κ3) is 5.02. The van der Waals surface area contributed by atoms with Crippen molar-refractivity contribution in [1.29, 1.82) is 0 Å². The van der Waals surface area contributed by atoms with E-state index in [0.717, 1.165) is 35.9 Å². The minimum absolute atomic E-state index is 0.132. The van der Waals surface area contributed by atoms with Gasteiger partial charge >= 0.3 is 6.03 Å². The van der Waals surface area contributed by atoms with Crippen molar-refractivity contribution < 1.29 is 9.32 Å². The van der Waals surface area contributed by atoms with Gasteiger partial charge in [0, 0.05) is 18.7 Å². The van der Waals surface area contributed by atoms with E-state index < -0.39 is 0 Å². The molecule has 0 unspecified atom stereocenters. The van der Waals surface area contributed by atoms with Gasteiger partial charge in [0.1, 0.15) is 5.76 Å². The SMILES string of the molecule is Cc1noc(C)c1CNC(=O)NCCCN1CCC(C)CC1. The van der Waals surface area contributed by atoms with Gasteiger partial charge in [-0.15, -0.1) is 0 Å². The number of hydrogen-bond donors (Lipinski definition) is 2. The average Bonchev–Trinajstić information content (AvgIpc) is 2.82. The molecule has 0 bridgehead atoms. The van der Waals surface area contributed by atoms with Crippen LogP contribution in [0.25, 0.3) is 0 Å². The number of nitrogens with one attached hydrogen (secondary N) is 2. The molecule has 22 heavy (non-hydrogen) atoms. The number of carbonyl (C=O) groups excluding carboxylic acids is 1. The highest BCUT2D eigenvalue weighted by molar-refractivity contribution is 5.73. The summed E-state index contributed by atoms with van der Waals surface area (Å²) in [6, 6.07) is -0.132. The van der Waals surface area contributed by atoms with Crippen LogP contribution in [-0.2, 0) is 6.54 Å². The second-order valence-electron chi connectivity index (χ2n) is 6.29. The smallest absolute Gasteiger partial charge is 0.315 e. The van der Waals surface area contributed by atoms with Crippen LogP contribution in [0.3, 0.4) is 0 Å². The van der Waals surface area contributed by atoms with Gasteiger partial charge in [0.2, 0.25) is 0 Å². The fraction of sp³-hybridized carbons (Fsp3) is 0.750. The molecule has 1 aliphatic rings. The van der Waals surface area contributed by atoms with Crippen LogP contribution in [0.4, 0.5) is 4.79 Å². The van der Waals surface area contributed by atoms with E-state index in [1.54, 1.807) is 0 Å². The van der Waals surface area contributed by atoms with E-state index >= 15 is 0 Å². The Morgan fingerprint density at radius 1 is 1.32 bits per heavy atom. The maximum Gasteiger partial charge on any atom is 0.315 e. The van der Waals surface area contributed by atoms with Gasteiger partial charge in [-0.25, -0.2) is 4.79 Å². The van der Waals surface area contributed by atoms with Crippen LogP contribution in [0.2, 0.25) is 0 Å². The molecule has 0 saturated carbocycles. The molecule has 6 nitrogen and oxygen atoms in total. The highest BCUT2D eigenvalue weighted by Crippen LogP contribution is 2.15. The zero-order valence-electron chi connectivity index (χ0n) is 13.9. The summed E-state index contributed by atoms with van der Waals surface area (Å²) in [6.45, 7) is 10.7. The van der Waals surface area contributed by atoms with Crippen molar-refractivity contribution in [3.8, 4) is 0 Å². The summed E-state index contributed by atoms with van der Waals surface area (Å²) in [7, 11) is 0. The Morgan fingerprint density at radius 2 is 2.05 bits per heavy atom. The van der Waals surface area contributed by atoms with Crippen molar-refractivity contribution in [1.82, 2.24) is 20.7 Å². The fourth-order valence-electron chi connectivity index (χ4n) is 2.78. The van der Waals surface area contributed by atoms with Crippen LogP contribution < -0.4 is 10.6 Å². The third-order valence-electron chi connectivity index (χ3n) is 4.42. The van der Waals surface area contributed by atoms with E-state index in [4.69, 9.17) is 4.52 Å². The number of aromatic nitrogens is 1. The van der Waals surface area contributed by atoms with Gasteiger partial charge in [0.15, 0.2) is 0 Å². The number of piperidine rings is 1. The van der Waals surface area contributed by atoms with E-state index in [0.29, 0.717) is 13.1 Å². The molecule has 2 amide bonds. The lowest BCUT2D eigenvalue weighted by atomic mass is 9.99. The van der Waals surface area contributed by atoms with E-state index in [2.05, 4.69) is 27.6 Å². The molecule has 6 heteroatoms. The Kier molecular flexibility index (Phi) is 6.24. The van der Waals surface area contributed by atoms with Crippen molar-refractivity contribution >= 4 is 6.03 Å². The van der Waals surface area contributed by atoms with Gasteiger partial charge in [0.05, 0.1) is 5.69 Å². The quantitative estimate of drug-likeness (QED) is 0.791. The Balaban J connectivity index is 1.56. The number of urea groups is 1. The van der Waals surface area contributed by atoms with E-state index in [-0.39, 0.29) is 6.03 Å². The first kappa shape index (κ1) is 16.8. The van der Waals surface area contributed by atoms with Gasteiger partial charge in [-0.05, 0) is 58.7 Å². The number of rotatable bonds is 6. The lowest BCUT2D eigenvalue weighted by Crippen LogP contribution is -2.38. The van der Waals surface area contributed by atoms with Crippen molar-refractivity contribution in [3.05, 3.63) is 17.0 Å². The predicted octanol–water partition coefficient (Wildman–Crippen LogP) is 2.21. The first-order valence-electron chi connectivity index (χ1n) is 8.22. The van der Waals surface area contributed by atoms with Crippen molar-refractivity contribution in [3.63, 3.8) is 0 Å².